The first-order chi connectivity index (χ1) is 16.6. The molecule has 0 aromatic heterocycles. The number of Topliss-reactive ketones (excluding diaryl/α,β-unsaturated/α-hetero) is 1. The van der Waals surface area contributed by atoms with E-state index < -0.39 is 5.82 Å². The SMILES string of the molecule is CCOc1cc(C(=O)CN2Cc3cc(OCC)c(OCC)c(F)c3C2=N)cc(C(C)(C)C)c1OC. The van der Waals surface area contributed by atoms with Crippen LogP contribution in [0, 0.1) is 11.2 Å². The average Bonchev–Trinajstić information content (AvgIpc) is 3.10. The molecule has 0 spiro atoms. The highest BCUT2D eigenvalue weighted by Crippen LogP contribution is 2.41. The molecule has 0 unspecified atom stereocenters. The van der Waals surface area contributed by atoms with Crippen molar-refractivity contribution < 1.29 is 28.1 Å². The molecule has 1 aliphatic heterocycles. The van der Waals surface area contributed by atoms with Gasteiger partial charge in [-0.05, 0) is 49.9 Å². The molecule has 0 radical (unpaired) electrons. The van der Waals surface area contributed by atoms with Crippen molar-refractivity contribution in [1.29, 1.82) is 5.41 Å². The maximum atomic E-state index is 15.3. The van der Waals surface area contributed by atoms with Crippen LogP contribution in [0.4, 0.5) is 4.39 Å². The number of nitrogens with zero attached hydrogens (tertiary/aromatic N) is 1. The van der Waals surface area contributed by atoms with Crippen LogP contribution in [0.5, 0.6) is 23.0 Å². The van der Waals surface area contributed by atoms with E-state index in [1.807, 2.05) is 40.7 Å². The van der Waals surface area contributed by atoms with Crippen LogP contribution >= 0.6 is 0 Å². The van der Waals surface area contributed by atoms with Gasteiger partial charge in [0.25, 0.3) is 0 Å². The summed E-state index contributed by atoms with van der Waals surface area (Å²) in [6, 6.07) is 5.19. The van der Waals surface area contributed by atoms with Gasteiger partial charge in [0.1, 0.15) is 5.84 Å². The molecule has 0 fully saturated rings. The summed E-state index contributed by atoms with van der Waals surface area (Å²) in [6.45, 7) is 12.7. The number of fused-ring (bicyclic) bond motifs is 1. The van der Waals surface area contributed by atoms with Crippen molar-refractivity contribution in [2.45, 2.75) is 53.5 Å². The second-order valence-electron chi connectivity index (χ2n) is 9.28. The number of carbonyl (C=O) groups is 1. The number of hydrogen-bond donors (Lipinski definition) is 1. The van der Waals surface area contributed by atoms with E-state index in [-0.39, 0.29) is 48.0 Å². The van der Waals surface area contributed by atoms with Crippen molar-refractivity contribution in [2.24, 2.45) is 0 Å². The van der Waals surface area contributed by atoms with Gasteiger partial charge in [-0.3, -0.25) is 10.2 Å². The van der Waals surface area contributed by atoms with E-state index in [9.17, 15) is 4.79 Å². The summed E-state index contributed by atoms with van der Waals surface area (Å²) in [4.78, 5) is 14.9. The van der Waals surface area contributed by atoms with Crippen molar-refractivity contribution in [1.82, 2.24) is 4.90 Å². The smallest absolute Gasteiger partial charge is 0.197 e. The summed E-state index contributed by atoms with van der Waals surface area (Å²) in [5.74, 6) is 0.517. The van der Waals surface area contributed by atoms with E-state index in [1.165, 1.54) is 0 Å². The highest BCUT2D eigenvalue weighted by Gasteiger charge is 2.33. The Morgan fingerprint density at radius 2 is 1.60 bits per heavy atom. The minimum Gasteiger partial charge on any atom is -0.493 e. The van der Waals surface area contributed by atoms with Gasteiger partial charge in [-0.1, -0.05) is 20.8 Å². The monoisotopic (exact) mass is 486 g/mol. The Morgan fingerprint density at radius 3 is 2.14 bits per heavy atom. The first-order valence-corrected chi connectivity index (χ1v) is 11.9. The fourth-order valence-corrected chi connectivity index (χ4v) is 4.22. The van der Waals surface area contributed by atoms with Crippen LogP contribution in [0.3, 0.4) is 0 Å². The van der Waals surface area contributed by atoms with Gasteiger partial charge in [-0.25, -0.2) is 4.39 Å². The molecule has 1 N–H and O–H groups in total. The molecule has 7 nitrogen and oxygen atoms in total. The molecule has 2 aromatic rings. The molecule has 0 aliphatic carbocycles. The zero-order valence-corrected chi connectivity index (χ0v) is 21.6. The summed E-state index contributed by atoms with van der Waals surface area (Å²) in [5, 5.41) is 8.59. The van der Waals surface area contributed by atoms with Crippen LogP contribution in [0.2, 0.25) is 0 Å². The molecule has 1 heterocycles. The number of carbonyl (C=O) groups excluding carboxylic acids is 1. The van der Waals surface area contributed by atoms with E-state index in [2.05, 4.69) is 0 Å². The number of halogens is 1. The highest BCUT2D eigenvalue weighted by molar-refractivity contribution is 6.06. The molecule has 3 rings (SSSR count). The molecule has 35 heavy (non-hydrogen) atoms. The summed E-state index contributed by atoms with van der Waals surface area (Å²) in [7, 11) is 1.58. The molecule has 190 valence electrons. The first-order valence-electron chi connectivity index (χ1n) is 11.9. The van der Waals surface area contributed by atoms with E-state index in [0.717, 1.165) is 5.56 Å². The van der Waals surface area contributed by atoms with Gasteiger partial charge in [0.15, 0.2) is 34.6 Å². The largest absolute Gasteiger partial charge is 0.493 e. The lowest BCUT2D eigenvalue weighted by atomic mass is 9.84. The van der Waals surface area contributed by atoms with Gasteiger partial charge in [0, 0.05) is 17.7 Å². The van der Waals surface area contributed by atoms with Gasteiger partial charge >= 0.3 is 0 Å². The minimum absolute atomic E-state index is 0.00245. The van der Waals surface area contributed by atoms with Crippen LogP contribution in [-0.4, -0.2) is 50.0 Å². The van der Waals surface area contributed by atoms with Crippen molar-refractivity contribution in [2.75, 3.05) is 33.5 Å². The maximum absolute atomic E-state index is 15.3. The van der Waals surface area contributed by atoms with Crippen molar-refractivity contribution in [3.63, 3.8) is 0 Å². The third-order valence-corrected chi connectivity index (χ3v) is 5.80. The molecule has 8 heteroatoms. The van der Waals surface area contributed by atoms with Gasteiger partial charge < -0.3 is 23.8 Å². The van der Waals surface area contributed by atoms with Crippen molar-refractivity contribution in [3.05, 3.63) is 46.3 Å². The van der Waals surface area contributed by atoms with Crippen molar-refractivity contribution in [3.8, 4) is 23.0 Å². The lowest BCUT2D eigenvalue weighted by Crippen LogP contribution is -2.30. The molecule has 2 aromatic carbocycles. The van der Waals surface area contributed by atoms with E-state index in [4.69, 9.17) is 24.4 Å². The van der Waals surface area contributed by atoms with E-state index >= 15 is 4.39 Å². The van der Waals surface area contributed by atoms with Crippen LogP contribution in [0.1, 0.15) is 68.6 Å². The molecular weight excluding hydrogens is 451 g/mol. The quantitative estimate of drug-likeness (QED) is 0.456. The average molecular weight is 487 g/mol. The fraction of sp³-hybridized carbons (Fsp3) is 0.481. The van der Waals surface area contributed by atoms with Gasteiger partial charge in [-0.2, -0.15) is 0 Å². The second kappa shape index (κ2) is 10.5. The van der Waals surface area contributed by atoms with Gasteiger partial charge in [0.05, 0.1) is 39.0 Å². The van der Waals surface area contributed by atoms with Crippen LogP contribution in [0.25, 0.3) is 0 Å². The zero-order valence-electron chi connectivity index (χ0n) is 21.6. The normalized spacial score (nSPS) is 13.0. The number of hydrogen-bond acceptors (Lipinski definition) is 6. The third-order valence-electron chi connectivity index (χ3n) is 5.80. The number of benzene rings is 2. The van der Waals surface area contributed by atoms with Crippen LogP contribution in [0.15, 0.2) is 18.2 Å². The topological polar surface area (TPSA) is 81.1 Å². The number of methoxy groups -OCH3 is 1. The molecule has 0 saturated heterocycles. The Bertz CT molecular complexity index is 1120. The van der Waals surface area contributed by atoms with Crippen LogP contribution < -0.4 is 18.9 Å². The zero-order chi connectivity index (χ0) is 25.9. The van der Waals surface area contributed by atoms with E-state index in [1.54, 1.807) is 31.1 Å². The number of ketones is 1. The molecule has 0 bridgehead atoms. The standard InChI is InChI=1S/C27H35FN2O5/c1-8-33-20-12-16(11-18(24(20)32-7)27(4,5)6)19(31)15-30-14-17-13-21(34-9-2)25(35-10-3)23(28)22(17)26(30)29/h11-13,29H,8-10,14-15H2,1-7H3. The summed E-state index contributed by atoms with van der Waals surface area (Å²) < 4.78 is 37.8. The lowest BCUT2D eigenvalue weighted by molar-refractivity contribution is 0.0962. The Labute approximate surface area is 206 Å². The fourth-order valence-electron chi connectivity index (χ4n) is 4.22. The summed E-state index contributed by atoms with van der Waals surface area (Å²) in [6.07, 6.45) is 0. The van der Waals surface area contributed by atoms with Gasteiger partial charge in [0.2, 0.25) is 0 Å². The van der Waals surface area contributed by atoms with Crippen molar-refractivity contribution >= 4 is 11.6 Å². The second-order valence-corrected chi connectivity index (χ2v) is 9.28. The molecular formula is C27H35FN2O5. The number of nitrogens with one attached hydrogen (secondary N) is 1. The minimum atomic E-state index is -0.633. The molecule has 0 saturated carbocycles. The number of amidine groups is 1. The first kappa shape index (κ1) is 26.3. The predicted molar refractivity (Wildman–Crippen MR) is 133 cm³/mol. The summed E-state index contributed by atoms with van der Waals surface area (Å²) >= 11 is 0. The third kappa shape index (κ3) is 5.21. The summed E-state index contributed by atoms with van der Waals surface area (Å²) in [5.41, 5.74) is 1.74. The van der Waals surface area contributed by atoms with Crippen LogP contribution in [-0.2, 0) is 12.0 Å². The molecule has 1 aliphatic rings. The Kier molecular flexibility index (Phi) is 7.93. The predicted octanol–water partition coefficient (Wildman–Crippen LogP) is 5.35. The highest BCUT2D eigenvalue weighted by atomic mass is 19.1. The molecule has 0 amide bonds. The number of ether oxygens (including phenoxy) is 4. The maximum Gasteiger partial charge on any atom is 0.197 e. The number of rotatable bonds is 10. The Morgan fingerprint density at radius 1 is 1.00 bits per heavy atom. The van der Waals surface area contributed by atoms with Gasteiger partial charge in [-0.15, -0.1) is 0 Å². The van der Waals surface area contributed by atoms with E-state index in [0.29, 0.717) is 41.6 Å². The molecule has 0 atom stereocenters. The Hall–Kier alpha value is -3.29. The lowest BCUT2D eigenvalue weighted by Gasteiger charge is -2.25. The Balaban J connectivity index is 1.95.